The number of rotatable bonds is 1. The largest absolute Gasteiger partial charge is 0.332 e. The second kappa shape index (κ2) is 4.79. The molecule has 15 heavy (non-hydrogen) atoms. The molecule has 0 aliphatic rings. The summed E-state index contributed by atoms with van der Waals surface area (Å²) >= 11 is 5.17. The lowest BCUT2D eigenvalue weighted by atomic mass is 10.2. The molecule has 80 valence electrons. The Morgan fingerprint density at radius 1 is 1.33 bits per heavy atom. The van der Waals surface area contributed by atoms with Gasteiger partial charge in [-0.2, -0.15) is 0 Å². The summed E-state index contributed by atoms with van der Waals surface area (Å²) in [6.45, 7) is 3.19. The lowest BCUT2D eigenvalue weighted by Gasteiger charge is -2.21. The summed E-state index contributed by atoms with van der Waals surface area (Å²) in [5.74, 6) is -0.307. The number of hydrogen-bond donors (Lipinski definition) is 1. The van der Waals surface area contributed by atoms with Gasteiger partial charge in [-0.3, -0.25) is 9.59 Å². The molecule has 0 aromatic heterocycles. The summed E-state index contributed by atoms with van der Waals surface area (Å²) in [4.78, 5) is 22.0. The van der Waals surface area contributed by atoms with Gasteiger partial charge in [-0.05, 0) is 30.2 Å². The van der Waals surface area contributed by atoms with E-state index in [-0.39, 0.29) is 5.91 Å². The molecule has 0 fully saturated rings. The molecule has 1 rings (SSSR count). The first-order valence-corrected chi connectivity index (χ1v) is 4.72. The molecule has 0 aliphatic carbocycles. The number of carbonyl (C=O) groups excluding carboxylic acids is 2. The van der Waals surface area contributed by atoms with Gasteiger partial charge in [-0.25, -0.2) is 10.4 Å². The Labute approximate surface area is 92.8 Å². The number of anilines is 1. The highest BCUT2D eigenvalue weighted by molar-refractivity contribution is 6.63. The average Bonchev–Trinajstić information content (AvgIpc) is 2.15. The Hall–Kier alpha value is -1.55. The molecule has 4 nitrogen and oxygen atoms in total. The van der Waals surface area contributed by atoms with Gasteiger partial charge >= 0.3 is 5.37 Å². The smallest absolute Gasteiger partial charge is 0.273 e. The van der Waals surface area contributed by atoms with E-state index in [1.165, 1.54) is 6.92 Å². The number of hydrogen-bond acceptors (Lipinski definition) is 2. The number of halogens is 1. The van der Waals surface area contributed by atoms with Gasteiger partial charge in [-0.15, -0.1) is 0 Å². The van der Waals surface area contributed by atoms with Crippen LogP contribution in [0, 0.1) is 6.92 Å². The SMILES string of the molecule is CC(=O)N(NC(=O)Cl)c1ccccc1C. The normalized spacial score (nSPS) is 9.53. The fraction of sp³-hybridized carbons (Fsp3) is 0.200. The van der Waals surface area contributed by atoms with Crippen LogP contribution in [0.25, 0.3) is 0 Å². The Balaban J connectivity index is 3.04. The number of benzene rings is 1. The van der Waals surface area contributed by atoms with E-state index in [9.17, 15) is 9.59 Å². The first-order chi connectivity index (χ1) is 7.02. The Morgan fingerprint density at radius 3 is 2.40 bits per heavy atom. The molecule has 0 atom stereocenters. The molecule has 0 radical (unpaired) electrons. The zero-order valence-electron chi connectivity index (χ0n) is 8.45. The fourth-order valence-corrected chi connectivity index (χ4v) is 1.30. The predicted molar refractivity (Wildman–Crippen MR) is 58.7 cm³/mol. The van der Waals surface area contributed by atoms with Gasteiger partial charge in [0.2, 0.25) is 5.91 Å². The predicted octanol–water partition coefficient (Wildman–Crippen LogP) is 2.21. The van der Waals surface area contributed by atoms with Crippen LogP contribution in [0.5, 0.6) is 0 Å². The molecule has 0 saturated heterocycles. The minimum atomic E-state index is -0.798. The first kappa shape index (κ1) is 11.5. The van der Waals surface area contributed by atoms with Crippen LogP contribution < -0.4 is 10.4 Å². The summed E-state index contributed by atoms with van der Waals surface area (Å²) < 4.78 is 0. The summed E-state index contributed by atoms with van der Waals surface area (Å²) in [5.41, 5.74) is 3.73. The monoisotopic (exact) mass is 226 g/mol. The van der Waals surface area contributed by atoms with Crippen molar-refractivity contribution in [3.05, 3.63) is 29.8 Å². The second-order valence-corrected chi connectivity index (χ2v) is 3.37. The molecule has 2 amide bonds. The van der Waals surface area contributed by atoms with Gasteiger partial charge in [-0.1, -0.05) is 18.2 Å². The van der Waals surface area contributed by atoms with Crippen LogP contribution in [0.2, 0.25) is 0 Å². The molecule has 1 aromatic carbocycles. The highest BCUT2D eigenvalue weighted by Crippen LogP contribution is 2.17. The number of carbonyl (C=O) groups is 2. The van der Waals surface area contributed by atoms with E-state index in [1.807, 2.05) is 19.1 Å². The maximum atomic E-state index is 11.3. The van der Waals surface area contributed by atoms with Crippen LogP contribution in [-0.4, -0.2) is 11.3 Å². The van der Waals surface area contributed by atoms with E-state index in [0.717, 1.165) is 10.6 Å². The molecule has 1 aromatic rings. The van der Waals surface area contributed by atoms with Crippen molar-refractivity contribution in [2.24, 2.45) is 0 Å². The standard InChI is InChI=1S/C10H11ClN2O2/c1-7-5-3-4-6-9(7)13(8(2)14)12-10(11)15/h3-6H,1-2H3,(H,12,15). The lowest BCUT2D eigenvalue weighted by Crippen LogP contribution is -2.43. The minimum Gasteiger partial charge on any atom is -0.273 e. The van der Waals surface area contributed by atoms with Crippen LogP contribution in [0.4, 0.5) is 10.5 Å². The highest BCUT2D eigenvalue weighted by atomic mass is 35.5. The number of aryl methyl sites for hydroxylation is 1. The fourth-order valence-electron chi connectivity index (χ4n) is 1.21. The van der Waals surface area contributed by atoms with E-state index < -0.39 is 5.37 Å². The molecular formula is C10H11ClN2O2. The first-order valence-electron chi connectivity index (χ1n) is 4.35. The average molecular weight is 227 g/mol. The molecule has 0 saturated carbocycles. The second-order valence-electron chi connectivity index (χ2n) is 3.03. The molecule has 0 aliphatic heterocycles. The van der Waals surface area contributed by atoms with Crippen molar-refractivity contribution in [2.75, 3.05) is 5.01 Å². The molecule has 0 unspecified atom stereocenters. The third-order valence-electron chi connectivity index (χ3n) is 1.87. The van der Waals surface area contributed by atoms with Gasteiger partial charge in [0.05, 0.1) is 5.69 Å². The van der Waals surface area contributed by atoms with Crippen LogP contribution in [0.1, 0.15) is 12.5 Å². The molecule has 0 spiro atoms. The number of hydrazine groups is 1. The highest BCUT2D eigenvalue weighted by Gasteiger charge is 2.14. The van der Waals surface area contributed by atoms with E-state index in [0.29, 0.717) is 5.69 Å². The van der Waals surface area contributed by atoms with E-state index in [1.54, 1.807) is 12.1 Å². The van der Waals surface area contributed by atoms with Crippen molar-refractivity contribution < 1.29 is 9.59 Å². The molecule has 5 heteroatoms. The lowest BCUT2D eigenvalue weighted by molar-refractivity contribution is -0.117. The summed E-state index contributed by atoms with van der Waals surface area (Å²) in [5, 5.41) is 0.318. The summed E-state index contributed by atoms with van der Waals surface area (Å²) in [7, 11) is 0. The van der Waals surface area contributed by atoms with Crippen molar-refractivity contribution in [3.63, 3.8) is 0 Å². The van der Waals surface area contributed by atoms with Crippen molar-refractivity contribution in [1.29, 1.82) is 0 Å². The Bertz CT molecular complexity index is 393. The van der Waals surface area contributed by atoms with Crippen molar-refractivity contribution in [2.45, 2.75) is 13.8 Å². The molecule has 0 heterocycles. The van der Waals surface area contributed by atoms with E-state index in [4.69, 9.17) is 11.6 Å². The maximum Gasteiger partial charge on any atom is 0.332 e. The maximum absolute atomic E-state index is 11.3. The number of nitrogens with zero attached hydrogens (tertiary/aromatic N) is 1. The van der Waals surface area contributed by atoms with E-state index in [2.05, 4.69) is 5.43 Å². The van der Waals surface area contributed by atoms with Crippen LogP contribution >= 0.6 is 11.6 Å². The number of amides is 2. The third kappa shape index (κ3) is 2.95. The summed E-state index contributed by atoms with van der Waals surface area (Å²) in [6, 6.07) is 7.19. The third-order valence-corrected chi connectivity index (χ3v) is 1.96. The van der Waals surface area contributed by atoms with Crippen molar-refractivity contribution in [1.82, 2.24) is 5.43 Å². The minimum absolute atomic E-state index is 0.307. The molecular weight excluding hydrogens is 216 g/mol. The van der Waals surface area contributed by atoms with Gasteiger partial charge in [0, 0.05) is 6.92 Å². The van der Waals surface area contributed by atoms with Gasteiger partial charge in [0.1, 0.15) is 0 Å². The topological polar surface area (TPSA) is 49.4 Å². The van der Waals surface area contributed by atoms with Crippen LogP contribution in [0.15, 0.2) is 24.3 Å². The Morgan fingerprint density at radius 2 is 1.93 bits per heavy atom. The number of para-hydroxylation sites is 1. The van der Waals surface area contributed by atoms with Crippen molar-refractivity contribution in [3.8, 4) is 0 Å². The Kier molecular flexibility index (Phi) is 3.68. The van der Waals surface area contributed by atoms with Gasteiger partial charge in [0.25, 0.3) is 0 Å². The molecule has 1 N–H and O–H groups in total. The molecule has 0 bridgehead atoms. The zero-order chi connectivity index (χ0) is 11.4. The van der Waals surface area contributed by atoms with Crippen molar-refractivity contribution >= 4 is 28.6 Å². The van der Waals surface area contributed by atoms with Gasteiger partial charge in [0.15, 0.2) is 0 Å². The summed E-state index contributed by atoms with van der Waals surface area (Å²) in [6.07, 6.45) is 0. The number of nitrogens with one attached hydrogen (secondary N) is 1. The van der Waals surface area contributed by atoms with Gasteiger partial charge < -0.3 is 0 Å². The van der Waals surface area contributed by atoms with Crippen LogP contribution in [-0.2, 0) is 4.79 Å². The van der Waals surface area contributed by atoms with Crippen LogP contribution in [0.3, 0.4) is 0 Å². The zero-order valence-corrected chi connectivity index (χ0v) is 9.21. The van der Waals surface area contributed by atoms with E-state index >= 15 is 0 Å². The quantitative estimate of drug-likeness (QED) is 0.454.